The third-order valence-electron chi connectivity index (χ3n) is 4.71. The lowest BCUT2D eigenvalue weighted by Crippen LogP contribution is -2.35. The molecule has 2 heterocycles. The molecule has 4 heteroatoms. The molecule has 1 aromatic heterocycles. The number of hydrogen-bond donors (Lipinski definition) is 1. The molecule has 0 bridgehead atoms. The van der Waals surface area contributed by atoms with Crippen molar-refractivity contribution in [3.05, 3.63) is 44.2 Å². The van der Waals surface area contributed by atoms with Crippen molar-refractivity contribution in [2.75, 3.05) is 13.1 Å². The van der Waals surface area contributed by atoms with Crippen molar-refractivity contribution < 1.29 is 0 Å². The number of piperidine rings is 1. The smallest absolute Gasteiger partial charge is 0.194 e. The lowest BCUT2D eigenvalue weighted by atomic mass is 9.99. The number of aryl methyl sites for hydroxylation is 2. The maximum absolute atomic E-state index is 12.9. The quantitative estimate of drug-likeness (QED) is 0.907. The summed E-state index contributed by atoms with van der Waals surface area (Å²) in [6.07, 6.45) is 2.51. The summed E-state index contributed by atoms with van der Waals surface area (Å²) in [5.74, 6) is 0.713. The molecule has 1 aliphatic heterocycles. The van der Waals surface area contributed by atoms with Crippen LogP contribution in [0.15, 0.2) is 16.9 Å². The maximum atomic E-state index is 12.9. The average Bonchev–Trinajstić information content (AvgIpc) is 2.45. The molecular formula is C18H23ClN2O. The average molecular weight is 319 g/mol. The molecule has 22 heavy (non-hydrogen) atoms. The highest BCUT2D eigenvalue weighted by atomic mass is 35.5. The first kappa shape index (κ1) is 15.6. The van der Waals surface area contributed by atoms with Crippen LogP contribution in [0.4, 0.5) is 0 Å². The number of pyridine rings is 1. The zero-order valence-electron chi connectivity index (χ0n) is 13.5. The Bertz CT molecular complexity index is 766. The predicted octanol–water partition coefficient (Wildman–Crippen LogP) is 4.03. The van der Waals surface area contributed by atoms with E-state index in [9.17, 15) is 4.79 Å². The van der Waals surface area contributed by atoms with Gasteiger partial charge in [-0.3, -0.25) is 9.69 Å². The summed E-state index contributed by atoms with van der Waals surface area (Å²) >= 11 is 6.14. The zero-order chi connectivity index (χ0) is 15.9. The van der Waals surface area contributed by atoms with Gasteiger partial charge in [0.15, 0.2) is 5.43 Å². The molecular weight excluding hydrogens is 296 g/mol. The van der Waals surface area contributed by atoms with Gasteiger partial charge in [-0.1, -0.05) is 18.5 Å². The summed E-state index contributed by atoms with van der Waals surface area (Å²) in [6.45, 7) is 9.15. The zero-order valence-corrected chi connectivity index (χ0v) is 14.3. The van der Waals surface area contributed by atoms with Crippen molar-refractivity contribution in [1.82, 2.24) is 9.88 Å². The number of H-pyrrole nitrogens is 1. The van der Waals surface area contributed by atoms with Crippen LogP contribution in [-0.4, -0.2) is 23.0 Å². The highest BCUT2D eigenvalue weighted by Gasteiger charge is 2.19. The first-order valence-electron chi connectivity index (χ1n) is 7.99. The number of aromatic nitrogens is 1. The Hall–Kier alpha value is -1.32. The molecule has 3 rings (SSSR count). The van der Waals surface area contributed by atoms with Gasteiger partial charge < -0.3 is 4.98 Å². The minimum absolute atomic E-state index is 0.120. The van der Waals surface area contributed by atoms with Crippen molar-refractivity contribution in [3.63, 3.8) is 0 Å². The molecule has 1 aliphatic rings. The molecule has 0 radical (unpaired) electrons. The number of fused-ring (bicyclic) bond motifs is 1. The first-order chi connectivity index (χ1) is 10.5. The standard InChI is InChI=1S/C18H23ClN2O/c1-11-5-4-6-21(9-11)10-16-13(3)20-17-12(2)7-14(19)8-15(17)18(16)22/h7-8,11H,4-6,9-10H2,1-3H3,(H,20,22)/t11-/m1/s1. The number of hydrogen-bond acceptors (Lipinski definition) is 2. The SMILES string of the molecule is Cc1[nH]c2c(C)cc(Cl)cc2c(=O)c1CN1CCC[C@@H](C)C1. The second-order valence-electron chi connectivity index (χ2n) is 6.69. The third-order valence-corrected chi connectivity index (χ3v) is 4.93. The Kier molecular flexibility index (Phi) is 4.28. The van der Waals surface area contributed by atoms with Gasteiger partial charge in [0.05, 0.1) is 5.52 Å². The molecule has 118 valence electrons. The van der Waals surface area contributed by atoms with Gasteiger partial charge in [0.2, 0.25) is 0 Å². The van der Waals surface area contributed by atoms with Crippen molar-refractivity contribution >= 4 is 22.5 Å². The third kappa shape index (κ3) is 2.92. The lowest BCUT2D eigenvalue weighted by molar-refractivity contribution is 0.176. The van der Waals surface area contributed by atoms with Crippen LogP contribution >= 0.6 is 11.6 Å². The first-order valence-corrected chi connectivity index (χ1v) is 8.37. The van der Waals surface area contributed by atoms with Gasteiger partial charge in [0, 0.05) is 34.8 Å². The van der Waals surface area contributed by atoms with E-state index in [0.29, 0.717) is 16.3 Å². The van der Waals surface area contributed by atoms with Crippen LogP contribution in [0.25, 0.3) is 10.9 Å². The molecule has 0 aliphatic carbocycles. The number of halogens is 1. The van der Waals surface area contributed by atoms with Crippen LogP contribution in [0.3, 0.4) is 0 Å². The number of aromatic amines is 1. The Labute approximate surface area is 136 Å². The normalized spacial score (nSPS) is 19.7. The van der Waals surface area contributed by atoms with E-state index in [1.54, 1.807) is 6.07 Å². The number of benzene rings is 1. The van der Waals surface area contributed by atoms with Crippen LogP contribution < -0.4 is 5.43 Å². The van der Waals surface area contributed by atoms with Gasteiger partial charge in [-0.2, -0.15) is 0 Å². The Balaban J connectivity index is 2.04. The fraction of sp³-hybridized carbons (Fsp3) is 0.500. The molecule has 0 unspecified atom stereocenters. The van der Waals surface area contributed by atoms with E-state index in [4.69, 9.17) is 11.6 Å². The summed E-state index contributed by atoms with van der Waals surface area (Å²) in [7, 11) is 0. The molecule has 1 aromatic carbocycles. The van der Waals surface area contributed by atoms with Gasteiger partial charge in [0.25, 0.3) is 0 Å². The monoisotopic (exact) mass is 318 g/mol. The molecule has 1 atom stereocenters. The molecule has 0 amide bonds. The van der Waals surface area contributed by atoms with Crippen molar-refractivity contribution in [2.45, 2.75) is 40.2 Å². The number of rotatable bonds is 2. The summed E-state index contributed by atoms with van der Waals surface area (Å²) in [6, 6.07) is 3.68. The lowest BCUT2D eigenvalue weighted by Gasteiger charge is -2.31. The topological polar surface area (TPSA) is 36.1 Å². The number of nitrogens with zero attached hydrogens (tertiary/aromatic N) is 1. The van der Waals surface area contributed by atoms with Crippen LogP contribution in [0, 0.1) is 19.8 Å². The van der Waals surface area contributed by atoms with E-state index in [-0.39, 0.29) is 5.43 Å². The Morgan fingerprint density at radius 1 is 1.36 bits per heavy atom. The van der Waals surface area contributed by atoms with Gasteiger partial charge in [0.1, 0.15) is 0 Å². The summed E-state index contributed by atoms with van der Waals surface area (Å²) < 4.78 is 0. The highest BCUT2D eigenvalue weighted by Crippen LogP contribution is 2.23. The van der Waals surface area contributed by atoms with Crippen molar-refractivity contribution in [1.29, 1.82) is 0 Å². The summed E-state index contributed by atoms with van der Waals surface area (Å²) in [4.78, 5) is 18.7. The van der Waals surface area contributed by atoms with Crippen LogP contribution in [0.1, 0.15) is 36.6 Å². The fourth-order valence-corrected chi connectivity index (χ4v) is 3.80. The van der Waals surface area contributed by atoms with Crippen molar-refractivity contribution in [3.8, 4) is 0 Å². The molecule has 3 nitrogen and oxygen atoms in total. The van der Waals surface area contributed by atoms with E-state index in [0.717, 1.165) is 42.0 Å². The molecule has 0 saturated carbocycles. The summed E-state index contributed by atoms with van der Waals surface area (Å²) in [5.41, 5.74) is 3.89. The van der Waals surface area contributed by atoms with Crippen LogP contribution in [-0.2, 0) is 6.54 Å². The minimum Gasteiger partial charge on any atom is -0.358 e. The Morgan fingerprint density at radius 3 is 2.86 bits per heavy atom. The van der Waals surface area contributed by atoms with Crippen molar-refractivity contribution in [2.24, 2.45) is 5.92 Å². The number of likely N-dealkylation sites (tertiary alicyclic amines) is 1. The van der Waals surface area contributed by atoms with Gasteiger partial charge in [-0.05, 0) is 56.8 Å². The van der Waals surface area contributed by atoms with Crippen LogP contribution in [0.2, 0.25) is 5.02 Å². The second-order valence-corrected chi connectivity index (χ2v) is 7.12. The predicted molar refractivity (Wildman–Crippen MR) is 92.7 cm³/mol. The van der Waals surface area contributed by atoms with E-state index < -0.39 is 0 Å². The van der Waals surface area contributed by atoms with E-state index in [1.165, 1.54) is 12.8 Å². The number of nitrogens with one attached hydrogen (secondary N) is 1. The fourth-order valence-electron chi connectivity index (χ4n) is 3.53. The van der Waals surface area contributed by atoms with E-state index in [1.807, 2.05) is 19.9 Å². The second kappa shape index (κ2) is 6.05. The van der Waals surface area contributed by atoms with Crippen LogP contribution in [0.5, 0.6) is 0 Å². The minimum atomic E-state index is 0.120. The molecule has 1 fully saturated rings. The van der Waals surface area contributed by atoms with Gasteiger partial charge in [-0.15, -0.1) is 0 Å². The maximum Gasteiger partial charge on any atom is 0.194 e. The molecule has 1 saturated heterocycles. The Morgan fingerprint density at radius 2 is 2.14 bits per heavy atom. The molecule has 1 N–H and O–H groups in total. The van der Waals surface area contributed by atoms with Gasteiger partial charge >= 0.3 is 0 Å². The summed E-state index contributed by atoms with van der Waals surface area (Å²) in [5, 5.41) is 1.33. The van der Waals surface area contributed by atoms with E-state index >= 15 is 0 Å². The van der Waals surface area contributed by atoms with Gasteiger partial charge in [-0.25, -0.2) is 0 Å². The van der Waals surface area contributed by atoms with E-state index in [2.05, 4.69) is 16.8 Å². The highest BCUT2D eigenvalue weighted by molar-refractivity contribution is 6.31. The molecule has 2 aromatic rings. The largest absolute Gasteiger partial charge is 0.358 e. The molecule has 0 spiro atoms.